The van der Waals surface area contributed by atoms with Crippen LogP contribution >= 0.6 is 22.9 Å². The average Bonchev–Trinajstić information content (AvgIpc) is 3.24. The minimum absolute atomic E-state index is 0.138. The van der Waals surface area contributed by atoms with Gasteiger partial charge in [0.2, 0.25) is 0 Å². The van der Waals surface area contributed by atoms with Crippen LogP contribution in [0.2, 0.25) is 4.34 Å². The van der Waals surface area contributed by atoms with Gasteiger partial charge in [-0.2, -0.15) is 0 Å². The Hall–Kier alpha value is -2.15. The largest absolute Gasteiger partial charge is 0.386 e. The number of amides is 1. The van der Waals surface area contributed by atoms with Crippen molar-refractivity contribution in [3.63, 3.8) is 0 Å². The van der Waals surface area contributed by atoms with Crippen LogP contribution in [0.25, 0.3) is 5.69 Å². The van der Waals surface area contributed by atoms with Crippen molar-refractivity contribution in [2.45, 2.75) is 6.10 Å². The topological polar surface area (TPSA) is 67.2 Å². The summed E-state index contributed by atoms with van der Waals surface area (Å²) in [4.78, 5) is 16.8. The highest BCUT2D eigenvalue weighted by atomic mass is 35.5. The Bertz CT molecular complexity index is 784. The third kappa shape index (κ3) is 3.79. The maximum absolute atomic E-state index is 12.1. The molecule has 2 N–H and O–H groups in total. The molecule has 1 unspecified atom stereocenters. The fraction of sp³-hybridized carbons (Fsp3) is 0.125. The maximum atomic E-state index is 12.1. The highest BCUT2D eigenvalue weighted by Gasteiger charge is 2.12. The Labute approximate surface area is 142 Å². The Morgan fingerprint density at radius 1 is 1.30 bits per heavy atom. The lowest BCUT2D eigenvalue weighted by Gasteiger charge is -2.10. The highest BCUT2D eigenvalue weighted by Crippen LogP contribution is 2.26. The molecule has 1 atom stereocenters. The lowest BCUT2D eigenvalue weighted by atomic mass is 10.2. The molecule has 1 aromatic carbocycles. The summed E-state index contributed by atoms with van der Waals surface area (Å²) < 4.78 is 2.46. The fourth-order valence-corrected chi connectivity index (χ4v) is 3.14. The monoisotopic (exact) mass is 347 g/mol. The second kappa shape index (κ2) is 6.95. The summed E-state index contributed by atoms with van der Waals surface area (Å²) in [7, 11) is 0. The van der Waals surface area contributed by atoms with Gasteiger partial charge in [0.1, 0.15) is 6.10 Å². The number of carbonyl (C=O) groups excluding carboxylic acids is 1. The van der Waals surface area contributed by atoms with Crippen molar-refractivity contribution in [3.8, 4) is 5.69 Å². The molecular weight excluding hydrogens is 334 g/mol. The number of halogens is 1. The van der Waals surface area contributed by atoms with E-state index >= 15 is 0 Å². The molecule has 0 radical (unpaired) electrons. The van der Waals surface area contributed by atoms with Crippen molar-refractivity contribution in [2.24, 2.45) is 0 Å². The van der Waals surface area contributed by atoms with Gasteiger partial charge in [0.15, 0.2) is 0 Å². The van der Waals surface area contributed by atoms with E-state index in [1.807, 2.05) is 22.9 Å². The normalized spacial score (nSPS) is 12.1. The van der Waals surface area contributed by atoms with Crippen LogP contribution in [0.1, 0.15) is 21.3 Å². The van der Waals surface area contributed by atoms with Crippen molar-refractivity contribution in [1.29, 1.82) is 0 Å². The van der Waals surface area contributed by atoms with Crippen LogP contribution in [0, 0.1) is 0 Å². The lowest BCUT2D eigenvalue weighted by Crippen LogP contribution is -2.28. The fourth-order valence-electron chi connectivity index (χ4n) is 2.10. The summed E-state index contributed by atoms with van der Waals surface area (Å²) in [6.45, 7) is 0.138. The van der Waals surface area contributed by atoms with Crippen LogP contribution < -0.4 is 5.32 Å². The first kappa shape index (κ1) is 15.7. The van der Waals surface area contributed by atoms with Gasteiger partial charge in [-0.15, -0.1) is 11.3 Å². The van der Waals surface area contributed by atoms with Gasteiger partial charge in [0.05, 0.1) is 10.7 Å². The zero-order valence-electron chi connectivity index (χ0n) is 12.0. The molecule has 0 fully saturated rings. The first-order valence-corrected chi connectivity index (χ1v) is 8.13. The van der Waals surface area contributed by atoms with E-state index < -0.39 is 6.10 Å². The van der Waals surface area contributed by atoms with E-state index in [2.05, 4.69) is 10.3 Å². The predicted molar refractivity (Wildman–Crippen MR) is 90.2 cm³/mol. The molecule has 3 rings (SSSR count). The van der Waals surface area contributed by atoms with Crippen molar-refractivity contribution >= 4 is 28.8 Å². The first-order chi connectivity index (χ1) is 11.1. The van der Waals surface area contributed by atoms with Crippen LogP contribution in [0.15, 0.2) is 55.1 Å². The number of thiophene rings is 1. The molecule has 2 heterocycles. The number of rotatable bonds is 5. The molecule has 1 amide bonds. The SMILES string of the molecule is O=C(NCC(O)c1ccc(Cl)s1)c1ccc(-n2ccnc2)cc1. The number of imidazole rings is 1. The molecule has 0 aliphatic rings. The average molecular weight is 348 g/mol. The van der Waals surface area contributed by atoms with Crippen molar-refractivity contribution < 1.29 is 9.90 Å². The molecule has 0 aliphatic carbocycles. The van der Waals surface area contributed by atoms with Crippen LogP contribution in [-0.4, -0.2) is 27.1 Å². The van der Waals surface area contributed by atoms with Crippen LogP contribution in [0.4, 0.5) is 0 Å². The van der Waals surface area contributed by atoms with Gasteiger partial charge in [-0.25, -0.2) is 4.98 Å². The van der Waals surface area contributed by atoms with Gasteiger partial charge in [-0.3, -0.25) is 4.79 Å². The summed E-state index contributed by atoms with van der Waals surface area (Å²) >= 11 is 7.13. The Morgan fingerprint density at radius 3 is 2.70 bits per heavy atom. The Morgan fingerprint density at radius 2 is 2.09 bits per heavy atom. The van der Waals surface area contributed by atoms with E-state index in [1.54, 1.807) is 36.8 Å². The Kier molecular flexibility index (Phi) is 4.76. The molecule has 0 saturated heterocycles. The van der Waals surface area contributed by atoms with Crippen LogP contribution in [-0.2, 0) is 0 Å². The molecule has 3 aromatic rings. The van der Waals surface area contributed by atoms with E-state index in [0.29, 0.717) is 9.90 Å². The number of aromatic nitrogens is 2. The third-order valence-electron chi connectivity index (χ3n) is 3.31. The van der Waals surface area contributed by atoms with E-state index in [-0.39, 0.29) is 12.5 Å². The van der Waals surface area contributed by atoms with Gasteiger partial charge >= 0.3 is 0 Å². The number of benzene rings is 1. The number of hydrogen-bond acceptors (Lipinski definition) is 4. The van der Waals surface area contributed by atoms with E-state index in [4.69, 9.17) is 11.6 Å². The molecule has 0 aliphatic heterocycles. The lowest BCUT2D eigenvalue weighted by molar-refractivity contribution is 0.0918. The highest BCUT2D eigenvalue weighted by molar-refractivity contribution is 7.16. The first-order valence-electron chi connectivity index (χ1n) is 6.93. The zero-order valence-corrected chi connectivity index (χ0v) is 13.6. The van der Waals surface area contributed by atoms with E-state index in [9.17, 15) is 9.90 Å². The van der Waals surface area contributed by atoms with Gasteiger partial charge in [0.25, 0.3) is 5.91 Å². The summed E-state index contributed by atoms with van der Waals surface area (Å²) in [6.07, 6.45) is 4.45. The smallest absolute Gasteiger partial charge is 0.251 e. The predicted octanol–water partition coefficient (Wildman–Crippen LogP) is 3.05. The van der Waals surface area contributed by atoms with Gasteiger partial charge in [-0.05, 0) is 36.4 Å². The minimum atomic E-state index is -0.762. The summed E-state index contributed by atoms with van der Waals surface area (Å²) in [5.74, 6) is -0.233. The van der Waals surface area contributed by atoms with Gasteiger partial charge < -0.3 is 15.0 Å². The van der Waals surface area contributed by atoms with Crippen molar-refractivity contribution in [2.75, 3.05) is 6.54 Å². The summed E-state index contributed by atoms with van der Waals surface area (Å²) in [6, 6.07) is 10.6. The molecule has 7 heteroatoms. The number of nitrogens with zero attached hydrogens (tertiary/aromatic N) is 2. The quantitative estimate of drug-likeness (QED) is 0.745. The van der Waals surface area contributed by atoms with Crippen LogP contribution in [0.5, 0.6) is 0 Å². The number of carbonyl (C=O) groups is 1. The summed E-state index contributed by atoms with van der Waals surface area (Å²) in [5, 5.41) is 12.7. The van der Waals surface area contributed by atoms with Crippen LogP contribution in [0.3, 0.4) is 0 Å². The second-order valence-corrected chi connectivity index (χ2v) is 6.63. The number of nitrogens with one attached hydrogen (secondary N) is 1. The molecular formula is C16H14ClN3O2S. The molecule has 23 heavy (non-hydrogen) atoms. The molecule has 118 valence electrons. The van der Waals surface area contributed by atoms with Gasteiger partial charge in [-0.1, -0.05) is 11.6 Å². The van der Waals surface area contributed by atoms with Crippen molar-refractivity contribution in [1.82, 2.24) is 14.9 Å². The maximum Gasteiger partial charge on any atom is 0.251 e. The molecule has 0 spiro atoms. The number of hydrogen-bond donors (Lipinski definition) is 2. The number of aliphatic hydroxyl groups excluding tert-OH is 1. The number of aliphatic hydroxyl groups is 1. The molecule has 5 nitrogen and oxygen atoms in total. The molecule has 0 saturated carbocycles. The Balaban J connectivity index is 1.60. The molecule has 2 aromatic heterocycles. The molecule has 0 bridgehead atoms. The second-order valence-electron chi connectivity index (χ2n) is 4.88. The minimum Gasteiger partial charge on any atom is -0.386 e. The van der Waals surface area contributed by atoms with E-state index in [0.717, 1.165) is 10.6 Å². The third-order valence-corrected chi connectivity index (χ3v) is 4.64. The van der Waals surface area contributed by atoms with E-state index in [1.165, 1.54) is 11.3 Å². The van der Waals surface area contributed by atoms with Crippen molar-refractivity contribution in [3.05, 3.63) is 69.9 Å². The van der Waals surface area contributed by atoms with Gasteiger partial charge in [0, 0.05) is 35.1 Å². The standard InChI is InChI=1S/C16H14ClN3O2S/c17-15-6-5-14(23-15)13(21)9-19-16(22)11-1-3-12(4-2-11)20-8-7-18-10-20/h1-8,10,13,21H,9H2,(H,19,22). The zero-order chi connectivity index (χ0) is 16.2. The summed E-state index contributed by atoms with van der Waals surface area (Å²) in [5.41, 5.74) is 1.46.